The van der Waals surface area contributed by atoms with Crippen molar-refractivity contribution in [3.05, 3.63) is 41.6 Å². The number of hydrogen-bond donors (Lipinski definition) is 2. The third-order valence-electron chi connectivity index (χ3n) is 4.56. The zero-order chi connectivity index (χ0) is 13.1. The van der Waals surface area contributed by atoms with E-state index in [0.29, 0.717) is 0 Å². The first-order valence-corrected chi connectivity index (χ1v) is 7.31. The van der Waals surface area contributed by atoms with Crippen molar-refractivity contribution in [1.82, 2.24) is 15.0 Å². The van der Waals surface area contributed by atoms with Crippen molar-refractivity contribution >= 4 is 33.0 Å². The van der Waals surface area contributed by atoms with Gasteiger partial charge in [-0.05, 0) is 43.4 Å². The molecule has 0 amide bonds. The molecule has 0 fully saturated rings. The molecule has 4 aromatic rings. The molecule has 5 rings (SSSR count). The number of nitrogens with zero attached hydrogens (tertiary/aromatic N) is 1. The van der Waals surface area contributed by atoms with Crippen molar-refractivity contribution in [2.45, 2.75) is 25.7 Å². The number of fused-ring (bicyclic) bond motifs is 6. The first kappa shape index (κ1) is 10.5. The van der Waals surface area contributed by atoms with E-state index in [1.54, 1.807) is 0 Å². The fraction of sp³-hybridized carbons (Fsp3) is 0.235. The van der Waals surface area contributed by atoms with Crippen LogP contribution in [0.15, 0.2) is 30.3 Å². The highest BCUT2D eigenvalue weighted by molar-refractivity contribution is 6.09. The minimum absolute atomic E-state index is 0.984. The van der Waals surface area contributed by atoms with Gasteiger partial charge in [-0.25, -0.2) is 4.98 Å². The van der Waals surface area contributed by atoms with Crippen molar-refractivity contribution < 1.29 is 0 Å². The predicted molar refractivity (Wildman–Crippen MR) is 82.1 cm³/mol. The number of benzene rings is 1. The highest BCUT2D eigenvalue weighted by Crippen LogP contribution is 2.32. The summed E-state index contributed by atoms with van der Waals surface area (Å²) in [6.45, 7) is 0. The third kappa shape index (κ3) is 1.27. The molecule has 3 aromatic heterocycles. The Hall–Kier alpha value is -2.29. The minimum atomic E-state index is 0.984. The number of aromatic nitrogens is 3. The summed E-state index contributed by atoms with van der Waals surface area (Å²) in [6, 6.07) is 10.7. The lowest BCUT2D eigenvalue weighted by molar-refractivity contribution is 0.680. The molecule has 0 unspecified atom stereocenters. The van der Waals surface area contributed by atoms with Crippen molar-refractivity contribution in [3.63, 3.8) is 0 Å². The SMILES string of the molecule is c1ccc2c(c1)[nH]c1nc3[nH]c4c(c3cc12)CCCC4. The molecule has 0 spiro atoms. The summed E-state index contributed by atoms with van der Waals surface area (Å²) in [4.78, 5) is 11.7. The second-order valence-electron chi connectivity index (χ2n) is 5.74. The molecular formula is C17H15N3. The predicted octanol–water partition coefficient (Wildman–Crippen LogP) is 4.08. The quantitative estimate of drug-likeness (QED) is 0.492. The van der Waals surface area contributed by atoms with Crippen molar-refractivity contribution in [2.75, 3.05) is 0 Å². The fourth-order valence-electron chi connectivity index (χ4n) is 3.58. The fourth-order valence-corrected chi connectivity index (χ4v) is 3.58. The molecule has 1 aromatic carbocycles. The van der Waals surface area contributed by atoms with Crippen LogP contribution in [0, 0.1) is 0 Å². The van der Waals surface area contributed by atoms with Crippen LogP contribution >= 0.6 is 0 Å². The molecule has 3 heteroatoms. The molecule has 0 saturated carbocycles. The van der Waals surface area contributed by atoms with Gasteiger partial charge in [0, 0.05) is 27.4 Å². The number of H-pyrrole nitrogens is 2. The summed E-state index contributed by atoms with van der Waals surface area (Å²) in [5, 5.41) is 3.82. The van der Waals surface area contributed by atoms with E-state index in [1.165, 1.54) is 53.1 Å². The summed E-state index contributed by atoms with van der Waals surface area (Å²) in [5.74, 6) is 0. The van der Waals surface area contributed by atoms with E-state index in [4.69, 9.17) is 4.98 Å². The normalized spacial score (nSPS) is 15.2. The van der Waals surface area contributed by atoms with Gasteiger partial charge in [-0.1, -0.05) is 18.2 Å². The molecule has 1 aliphatic carbocycles. The molecule has 20 heavy (non-hydrogen) atoms. The van der Waals surface area contributed by atoms with Gasteiger partial charge in [0.1, 0.15) is 11.3 Å². The topological polar surface area (TPSA) is 44.5 Å². The Morgan fingerprint density at radius 2 is 1.70 bits per heavy atom. The van der Waals surface area contributed by atoms with E-state index >= 15 is 0 Å². The number of pyridine rings is 1. The largest absolute Gasteiger partial charge is 0.343 e. The molecule has 0 bridgehead atoms. The molecule has 1 aliphatic rings. The van der Waals surface area contributed by atoms with Gasteiger partial charge in [-0.15, -0.1) is 0 Å². The van der Waals surface area contributed by atoms with Gasteiger partial charge >= 0.3 is 0 Å². The van der Waals surface area contributed by atoms with Crippen LogP contribution in [0.1, 0.15) is 24.1 Å². The lowest BCUT2D eigenvalue weighted by atomic mass is 9.96. The van der Waals surface area contributed by atoms with Gasteiger partial charge in [0.25, 0.3) is 0 Å². The van der Waals surface area contributed by atoms with E-state index in [9.17, 15) is 0 Å². The summed E-state index contributed by atoms with van der Waals surface area (Å²) in [6.07, 6.45) is 4.94. The Labute approximate surface area is 116 Å². The maximum absolute atomic E-state index is 4.81. The van der Waals surface area contributed by atoms with Gasteiger partial charge in [-0.2, -0.15) is 0 Å². The Morgan fingerprint density at radius 3 is 2.70 bits per heavy atom. The highest BCUT2D eigenvalue weighted by Gasteiger charge is 2.17. The van der Waals surface area contributed by atoms with Gasteiger partial charge in [-0.3, -0.25) is 0 Å². The average Bonchev–Trinajstić information content (AvgIpc) is 3.02. The summed E-state index contributed by atoms with van der Waals surface area (Å²) in [7, 11) is 0. The van der Waals surface area contributed by atoms with Crippen LogP contribution in [0.3, 0.4) is 0 Å². The highest BCUT2D eigenvalue weighted by atomic mass is 14.9. The molecule has 98 valence electrons. The van der Waals surface area contributed by atoms with Crippen LogP contribution in [0.4, 0.5) is 0 Å². The number of aromatic amines is 2. The van der Waals surface area contributed by atoms with Crippen LogP contribution in [-0.2, 0) is 12.8 Å². The second-order valence-corrected chi connectivity index (χ2v) is 5.74. The lowest BCUT2D eigenvalue weighted by Gasteiger charge is -2.10. The number of nitrogens with one attached hydrogen (secondary N) is 2. The molecular weight excluding hydrogens is 246 g/mol. The smallest absolute Gasteiger partial charge is 0.140 e. The lowest BCUT2D eigenvalue weighted by Crippen LogP contribution is -1.99. The van der Waals surface area contributed by atoms with Crippen LogP contribution in [0.2, 0.25) is 0 Å². The summed E-state index contributed by atoms with van der Waals surface area (Å²) in [5.41, 5.74) is 6.08. The number of para-hydroxylation sites is 1. The van der Waals surface area contributed by atoms with E-state index in [1.807, 2.05) is 0 Å². The number of aryl methyl sites for hydroxylation is 2. The number of hydrogen-bond acceptors (Lipinski definition) is 1. The van der Waals surface area contributed by atoms with Crippen molar-refractivity contribution in [1.29, 1.82) is 0 Å². The van der Waals surface area contributed by atoms with Gasteiger partial charge < -0.3 is 9.97 Å². The van der Waals surface area contributed by atoms with Crippen LogP contribution < -0.4 is 0 Å². The van der Waals surface area contributed by atoms with Gasteiger partial charge in [0.2, 0.25) is 0 Å². The average molecular weight is 261 g/mol. The molecule has 2 N–H and O–H groups in total. The standard InChI is InChI=1S/C17H15N3/c1-3-7-14-10(5-1)12-9-13-11-6-2-4-8-15(11)19-17(13)20-16(12)18-14/h1,3,5,7,9H,2,4,6,8H2,(H2,18,19,20). The molecule has 3 nitrogen and oxygen atoms in total. The number of rotatable bonds is 0. The van der Waals surface area contributed by atoms with Gasteiger partial charge in [0.15, 0.2) is 0 Å². The molecule has 0 saturated heterocycles. The molecule has 0 atom stereocenters. The van der Waals surface area contributed by atoms with Crippen LogP contribution in [0.5, 0.6) is 0 Å². The first-order valence-electron chi connectivity index (χ1n) is 7.31. The van der Waals surface area contributed by atoms with Crippen LogP contribution in [-0.4, -0.2) is 15.0 Å². The maximum Gasteiger partial charge on any atom is 0.140 e. The summed E-state index contributed by atoms with van der Waals surface area (Å²) >= 11 is 0. The molecule has 0 radical (unpaired) electrons. The Bertz CT molecular complexity index is 959. The first-order chi connectivity index (χ1) is 9.90. The van der Waals surface area contributed by atoms with Crippen molar-refractivity contribution in [2.24, 2.45) is 0 Å². The minimum Gasteiger partial charge on any atom is -0.343 e. The van der Waals surface area contributed by atoms with Gasteiger partial charge in [0.05, 0.1) is 0 Å². The van der Waals surface area contributed by atoms with Crippen LogP contribution in [0.25, 0.3) is 33.0 Å². The Morgan fingerprint density at radius 1 is 0.850 bits per heavy atom. The van der Waals surface area contributed by atoms with E-state index in [0.717, 1.165) is 16.8 Å². The molecule has 0 aliphatic heterocycles. The zero-order valence-corrected chi connectivity index (χ0v) is 11.2. The van der Waals surface area contributed by atoms with E-state index < -0.39 is 0 Å². The van der Waals surface area contributed by atoms with E-state index in [2.05, 4.69) is 40.3 Å². The van der Waals surface area contributed by atoms with Crippen molar-refractivity contribution in [3.8, 4) is 0 Å². The van der Waals surface area contributed by atoms with E-state index in [-0.39, 0.29) is 0 Å². The zero-order valence-electron chi connectivity index (χ0n) is 11.2. The third-order valence-corrected chi connectivity index (χ3v) is 4.56. The monoisotopic (exact) mass is 261 g/mol. The Kier molecular flexibility index (Phi) is 1.90. The maximum atomic E-state index is 4.81. The second kappa shape index (κ2) is 3.63. The Balaban J connectivity index is 1.94. The summed E-state index contributed by atoms with van der Waals surface area (Å²) < 4.78 is 0. The molecule has 3 heterocycles.